The van der Waals surface area contributed by atoms with Crippen molar-refractivity contribution in [2.45, 2.75) is 25.8 Å². The molecule has 0 bridgehead atoms. The first kappa shape index (κ1) is 13.4. The lowest BCUT2D eigenvalue weighted by molar-refractivity contribution is 0.740. The largest absolute Gasteiger partial charge is 0.352 e. The smallest absolute Gasteiger partial charge is 0.129 e. The maximum absolute atomic E-state index is 5.86. The van der Waals surface area contributed by atoms with Crippen LogP contribution in [0.25, 0.3) is 0 Å². The molecule has 96 valence electrons. The average molecular weight is 281 g/mol. The molecule has 2 nitrogen and oxygen atoms in total. The number of thiophene rings is 1. The Morgan fingerprint density at radius 1 is 1.39 bits per heavy atom. The molecule has 2 heterocycles. The van der Waals surface area contributed by atoms with Gasteiger partial charge in [0.1, 0.15) is 5.82 Å². The lowest BCUT2D eigenvalue weighted by atomic mass is 10.2. The molecule has 4 heteroatoms. The molecule has 2 rings (SSSR count). The summed E-state index contributed by atoms with van der Waals surface area (Å²) in [6.07, 6.45) is 0. The lowest BCUT2D eigenvalue weighted by Gasteiger charge is -2.25. The lowest BCUT2D eigenvalue weighted by Crippen LogP contribution is -2.22. The summed E-state index contributed by atoms with van der Waals surface area (Å²) in [6, 6.07) is 8.67. The van der Waals surface area contributed by atoms with Gasteiger partial charge in [-0.25, -0.2) is 4.98 Å². The number of aromatic nitrogens is 1. The minimum absolute atomic E-state index is 0.332. The third-order valence-electron chi connectivity index (χ3n) is 3.22. The zero-order valence-corrected chi connectivity index (χ0v) is 12.4. The van der Waals surface area contributed by atoms with E-state index < -0.39 is 0 Å². The van der Waals surface area contributed by atoms with Crippen molar-refractivity contribution < 1.29 is 0 Å². The van der Waals surface area contributed by atoms with Crippen LogP contribution >= 0.6 is 22.9 Å². The fourth-order valence-corrected chi connectivity index (χ4v) is 2.94. The van der Waals surface area contributed by atoms with Crippen LogP contribution in [0.4, 0.5) is 5.82 Å². The molecule has 1 unspecified atom stereocenters. The van der Waals surface area contributed by atoms with Crippen LogP contribution in [0.2, 0.25) is 0 Å². The van der Waals surface area contributed by atoms with E-state index in [1.807, 2.05) is 13.0 Å². The van der Waals surface area contributed by atoms with Gasteiger partial charge in [0.2, 0.25) is 0 Å². The summed E-state index contributed by atoms with van der Waals surface area (Å²) in [4.78, 5) is 8.16. The van der Waals surface area contributed by atoms with Crippen LogP contribution in [0.3, 0.4) is 0 Å². The van der Waals surface area contributed by atoms with Gasteiger partial charge >= 0.3 is 0 Å². The highest BCUT2D eigenvalue weighted by Gasteiger charge is 2.14. The fourth-order valence-electron chi connectivity index (χ4n) is 1.83. The first-order valence-corrected chi connectivity index (χ1v) is 7.33. The molecule has 18 heavy (non-hydrogen) atoms. The summed E-state index contributed by atoms with van der Waals surface area (Å²) < 4.78 is 0. The number of nitrogens with zero attached hydrogens (tertiary/aromatic N) is 2. The molecular weight excluding hydrogens is 264 g/mol. The number of rotatable bonds is 4. The molecule has 0 radical (unpaired) electrons. The van der Waals surface area contributed by atoms with E-state index in [1.165, 1.54) is 4.88 Å². The molecule has 0 N–H and O–H groups in total. The Balaban J connectivity index is 2.23. The quantitative estimate of drug-likeness (QED) is 0.772. The topological polar surface area (TPSA) is 16.1 Å². The summed E-state index contributed by atoms with van der Waals surface area (Å²) in [5.74, 6) is 1.51. The molecule has 1 atom stereocenters. The molecule has 0 aromatic carbocycles. The Kier molecular flexibility index (Phi) is 4.25. The third-order valence-corrected chi connectivity index (χ3v) is 4.55. The van der Waals surface area contributed by atoms with Gasteiger partial charge < -0.3 is 4.90 Å². The van der Waals surface area contributed by atoms with Crippen LogP contribution in [-0.2, 0) is 5.88 Å². The second-order valence-corrected chi connectivity index (χ2v) is 5.60. The molecule has 0 aliphatic rings. The molecule has 0 aliphatic heterocycles. The summed E-state index contributed by atoms with van der Waals surface area (Å²) >= 11 is 7.63. The average Bonchev–Trinajstić information content (AvgIpc) is 2.90. The van der Waals surface area contributed by atoms with Crippen molar-refractivity contribution in [1.82, 2.24) is 4.98 Å². The first-order chi connectivity index (χ1) is 8.63. The van der Waals surface area contributed by atoms with Crippen molar-refractivity contribution in [3.63, 3.8) is 0 Å². The van der Waals surface area contributed by atoms with Crippen LogP contribution in [0.15, 0.2) is 29.6 Å². The highest BCUT2D eigenvalue weighted by molar-refractivity contribution is 7.10. The molecule has 0 fully saturated rings. The molecule has 0 spiro atoms. The maximum Gasteiger partial charge on any atom is 0.129 e. The van der Waals surface area contributed by atoms with Crippen molar-refractivity contribution in [2.24, 2.45) is 0 Å². The Bertz CT molecular complexity index is 511. The minimum Gasteiger partial charge on any atom is -0.352 e. The van der Waals surface area contributed by atoms with Gasteiger partial charge in [-0.1, -0.05) is 12.1 Å². The molecule has 0 amide bonds. The van der Waals surface area contributed by atoms with Crippen LogP contribution in [0, 0.1) is 6.92 Å². The summed E-state index contributed by atoms with van der Waals surface area (Å²) in [5.41, 5.74) is 2.10. The van der Waals surface area contributed by atoms with Gasteiger partial charge in [-0.3, -0.25) is 0 Å². The zero-order valence-electron chi connectivity index (χ0n) is 10.9. The second kappa shape index (κ2) is 5.72. The molecule has 0 aliphatic carbocycles. The molecule has 2 aromatic rings. The highest BCUT2D eigenvalue weighted by Crippen LogP contribution is 2.27. The molecule has 2 aromatic heterocycles. The summed E-state index contributed by atoms with van der Waals surface area (Å²) in [5, 5.41) is 2.11. The van der Waals surface area contributed by atoms with E-state index in [0.29, 0.717) is 11.9 Å². The van der Waals surface area contributed by atoms with Crippen molar-refractivity contribution in [2.75, 3.05) is 11.9 Å². The van der Waals surface area contributed by atoms with Gasteiger partial charge in [0.15, 0.2) is 0 Å². The van der Waals surface area contributed by atoms with Crippen LogP contribution < -0.4 is 4.90 Å². The van der Waals surface area contributed by atoms with Gasteiger partial charge in [-0.15, -0.1) is 22.9 Å². The number of hydrogen-bond donors (Lipinski definition) is 0. The summed E-state index contributed by atoms with van der Waals surface area (Å²) in [6.45, 7) is 4.20. The zero-order chi connectivity index (χ0) is 13.1. The highest BCUT2D eigenvalue weighted by atomic mass is 35.5. The molecular formula is C14H17ClN2S. The number of hydrogen-bond acceptors (Lipinski definition) is 3. The first-order valence-electron chi connectivity index (χ1n) is 5.92. The van der Waals surface area contributed by atoms with Crippen molar-refractivity contribution in [3.8, 4) is 0 Å². The Hall–Kier alpha value is -1.06. The Morgan fingerprint density at radius 2 is 2.17 bits per heavy atom. The van der Waals surface area contributed by atoms with E-state index in [1.54, 1.807) is 11.3 Å². The predicted molar refractivity (Wildman–Crippen MR) is 79.7 cm³/mol. The maximum atomic E-state index is 5.86. The number of anilines is 1. The van der Waals surface area contributed by atoms with Gasteiger partial charge in [-0.2, -0.15) is 0 Å². The van der Waals surface area contributed by atoms with E-state index in [2.05, 4.69) is 47.4 Å². The normalized spacial score (nSPS) is 12.4. The van der Waals surface area contributed by atoms with Crippen LogP contribution in [-0.4, -0.2) is 12.0 Å². The second-order valence-electron chi connectivity index (χ2n) is 4.35. The van der Waals surface area contributed by atoms with E-state index in [-0.39, 0.29) is 0 Å². The molecule has 0 saturated carbocycles. The van der Waals surface area contributed by atoms with Gasteiger partial charge in [0, 0.05) is 23.5 Å². The van der Waals surface area contributed by atoms with Crippen LogP contribution in [0.5, 0.6) is 0 Å². The standard InChI is InChI=1S/C14H17ClN2S/c1-10-12(9-15)6-7-14(16-10)17(3)11(2)13-5-4-8-18-13/h4-8,11H,9H2,1-3H3. The van der Waals surface area contributed by atoms with E-state index >= 15 is 0 Å². The Labute approximate surface area is 117 Å². The van der Waals surface area contributed by atoms with Crippen molar-refractivity contribution in [1.29, 1.82) is 0 Å². The van der Waals surface area contributed by atoms with Gasteiger partial charge in [0.05, 0.1) is 6.04 Å². The Morgan fingerprint density at radius 3 is 2.72 bits per heavy atom. The number of alkyl halides is 1. The minimum atomic E-state index is 0.332. The number of aryl methyl sites for hydroxylation is 1. The van der Waals surface area contributed by atoms with Crippen LogP contribution in [0.1, 0.15) is 29.1 Å². The number of halogens is 1. The monoisotopic (exact) mass is 280 g/mol. The predicted octanol–water partition coefficient (Wildman–Crippen LogP) is 4.39. The van der Waals surface area contributed by atoms with E-state index in [9.17, 15) is 0 Å². The number of pyridine rings is 1. The summed E-state index contributed by atoms with van der Waals surface area (Å²) in [7, 11) is 2.08. The van der Waals surface area contributed by atoms with Crippen molar-refractivity contribution in [3.05, 3.63) is 45.8 Å². The fraction of sp³-hybridized carbons (Fsp3) is 0.357. The molecule has 0 saturated heterocycles. The SMILES string of the molecule is Cc1nc(N(C)C(C)c2cccs2)ccc1CCl. The van der Waals surface area contributed by atoms with Gasteiger partial charge in [-0.05, 0) is 36.9 Å². The van der Waals surface area contributed by atoms with E-state index in [0.717, 1.165) is 17.1 Å². The van der Waals surface area contributed by atoms with Crippen molar-refractivity contribution >= 4 is 28.8 Å². The van der Waals surface area contributed by atoms with Gasteiger partial charge in [0.25, 0.3) is 0 Å². The van der Waals surface area contributed by atoms with E-state index in [4.69, 9.17) is 11.6 Å². The third kappa shape index (κ3) is 2.68.